The van der Waals surface area contributed by atoms with Gasteiger partial charge in [-0.25, -0.2) is 4.98 Å². The van der Waals surface area contributed by atoms with E-state index in [1.54, 1.807) is 25.1 Å². The summed E-state index contributed by atoms with van der Waals surface area (Å²) in [4.78, 5) is 38.9. The summed E-state index contributed by atoms with van der Waals surface area (Å²) >= 11 is 0. The minimum atomic E-state index is -0.180. The number of nitrogens with two attached hydrogens (primary N) is 1. The quantitative estimate of drug-likeness (QED) is 0.485. The summed E-state index contributed by atoms with van der Waals surface area (Å²) in [6.07, 6.45) is 1.72. The first-order chi connectivity index (χ1) is 9.97. The fraction of sp³-hybridized carbons (Fsp3) is 0.286. The molecule has 1 aliphatic rings. The van der Waals surface area contributed by atoms with Gasteiger partial charge in [0.1, 0.15) is 5.82 Å². The number of aryl methyl sites for hydroxylation is 1. The number of benzene rings is 1. The SMILES string of the molecule is Cc1nc2cccc(N)c2c(=O)[nH]1.O=C1CCCC(=O)N1. The predicted octanol–water partition coefficient (Wildman–Crippen LogP) is 0.627. The lowest BCUT2D eigenvalue weighted by Gasteiger charge is -2.07. The third kappa shape index (κ3) is 3.65. The van der Waals surface area contributed by atoms with Gasteiger partial charge in [0.15, 0.2) is 0 Å². The molecule has 7 heteroatoms. The van der Waals surface area contributed by atoms with E-state index in [9.17, 15) is 14.4 Å². The first-order valence-corrected chi connectivity index (χ1v) is 6.55. The van der Waals surface area contributed by atoms with Gasteiger partial charge in [-0.05, 0) is 25.5 Å². The highest BCUT2D eigenvalue weighted by Gasteiger charge is 2.13. The van der Waals surface area contributed by atoms with Crippen molar-refractivity contribution in [2.24, 2.45) is 0 Å². The molecule has 1 fully saturated rings. The Kier molecular flexibility index (Phi) is 4.32. The molecule has 0 radical (unpaired) electrons. The van der Waals surface area contributed by atoms with Crippen LogP contribution in [0.4, 0.5) is 5.69 Å². The lowest BCUT2D eigenvalue weighted by molar-refractivity contribution is -0.132. The lowest BCUT2D eigenvalue weighted by Crippen LogP contribution is -2.33. The minimum Gasteiger partial charge on any atom is -0.398 e. The van der Waals surface area contributed by atoms with Crippen molar-refractivity contribution in [3.63, 3.8) is 0 Å². The summed E-state index contributed by atoms with van der Waals surface area (Å²) in [5.41, 5.74) is 6.57. The van der Waals surface area contributed by atoms with Crippen LogP contribution < -0.4 is 16.6 Å². The van der Waals surface area contributed by atoms with Crippen LogP contribution in [0.25, 0.3) is 10.9 Å². The second-order valence-corrected chi connectivity index (χ2v) is 4.72. The van der Waals surface area contributed by atoms with Gasteiger partial charge in [-0.15, -0.1) is 0 Å². The minimum absolute atomic E-state index is 0.138. The van der Waals surface area contributed by atoms with Crippen LogP contribution in [0.2, 0.25) is 0 Å². The average Bonchev–Trinajstić information content (AvgIpc) is 2.38. The van der Waals surface area contributed by atoms with E-state index in [1.165, 1.54) is 0 Å². The van der Waals surface area contributed by atoms with Gasteiger partial charge in [0.25, 0.3) is 5.56 Å². The number of imide groups is 1. The van der Waals surface area contributed by atoms with E-state index < -0.39 is 0 Å². The standard InChI is InChI=1S/C9H9N3O.C5H7NO2/c1-5-11-7-4-2-3-6(10)8(7)9(13)12-5;7-4-2-1-3-5(8)6-4/h2-4H,10H2,1H3,(H,11,12,13);1-3H2,(H,6,7,8). The number of hydrogen-bond donors (Lipinski definition) is 3. The maximum atomic E-state index is 11.4. The van der Waals surface area contributed by atoms with E-state index >= 15 is 0 Å². The molecule has 0 saturated carbocycles. The molecule has 21 heavy (non-hydrogen) atoms. The molecule has 0 atom stereocenters. The molecule has 4 N–H and O–H groups in total. The fourth-order valence-electron chi connectivity index (χ4n) is 2.02. The zero-order valence-corrected chi connectivity index (χ0v) is 11.6. The summed E-state index contributed by atoms with van der Waals surface area (Å²) < 4.78 is 0. The van der Waals surface area contributed by atoms with E-state index in [2.05, 4.69) is 15.3 Å². The van der Waals surface area contributed by atoms with Gasteiger partial charge in [0, 0.05) is 18.5 Å². The maximum absolute atomic E-state index is 11.4. The molecule has 1 aromatic carbocycles. The number of nitrogens with one attached hydrogen (secondary N) is 2. The van der Waals surface area contributed by atoms with Crippen molar-refractivity contribution in [3.8, 4) is 0 Å². The van der Waals surface area contributed by atoms with Crippen molar-refractivity contribution in [3.05, 3.63) is 34.4 Å². The van der Waals surface area contributed by atoms with Crippen LogP contribution in [0.15, 0.2) is 23.0 Å². The van der Waals surface area contributed by atoms with Gasteiger partial charge in [0.2, 0.25) is 11.8 Å². The predicted molar refractivity (Wildman–Crippen MR) is 78.5 cm³/mol. The fourth-order valence-corrected chi connectivity index (χ4v) is 2.02. The highest BCUT2D eigenvalue weighted by molar-refractivity contribution is 5.97. The van der Waals surface area contributed by atoms with Gasteiger partial charge < -0.3 is 10.7 Å². The molecule has 1 saturated heterocycles. The smallest absolute Gasteiger partial charge is 0.260 e. The van der Waals surface area contributed by atoms with Crippen LogP contribution >= 0.6 is 0 Å². The number of fused-ring (bicyclic) bond motifs is 1. The Hall–Kier alpha value is -2.70. The van der Waals surface area contributed by atoms with E-state index in [0.717, 1.165) is 0 Å². The number of rotatable bonds is 0. The highest BCUT2D eigenvalue weighted by Crippen LogP contribution is 2.13. The van der Waals surface area contributed by atoms with Gasteiger partial charge in [0.05, 0.1) is 10.9 Å². The van der Waals surface area contributed by atoms with Crippen LogP contribution in [-0.2, 0) is 9.59 Å². The van der Waals surface area contributed by atoms with E-state index in [0.29, 0.717) is 41.7 Å². The normalized spacial score (nSPS) is 14.3. The molecule has 2 amide bonds. The number of aromatic nitrogens is 2. The highest BCUT2D eigenvalue weighted by atomic mass is 16.2. The molecule has 110 valence electrons. The Morgan fingerprint density at radius 2 is 1.81 bits per heavy atom. The second-order valence-electron chi connectivity index (χ2n) is 4.72. The number of nitrogens with zero attached hydrogens (tertiary/aromatic N) is 1. The molecule has 2 aromatic rings. The number of H-pyrrole nitrogens is 1. The molecule has 0 aliphatic carbocycles. The molecule has 7 nitrogen and oxygen atoms in total. The monoisotopic (exact) mass is 288 g/mol. The van der Waals surface area contributed by atoms with E-state index in [1.807, 2.05) is 0 Å². The summed E-state index contributed by atoms with van der Waals surface area (Å²) in [6.45, 7) is 1.74. The second kappa shape index (κ2) is 6.17. The van der Waals surface area contributed by atoms with Crippen LogP contribution in [0.3, 0.4) is 0 Å². The van der Waals surface area contributed by atoms with Crippen LogP contribution in [0, 0.1) is 6.92 Å². The molecular formula is C14H16N4O3. The van der Waals surface area contributed by atoms with Crippen molar-refractivity contribution in [2.45, 2.75) is 26.2 Å². The number of amides is 2. The Balaban J connectivity index is 0.000000173. The third-order valence-electron chi connectivity index (χ3n) is 2.97. The van der Waals surface area contributed by atoms with Gasteiger partial charge in [-0.1, -0.05) is 6.07 Å². The lowest BCUT2D eigenvalue weighted by atomic mass is 10.1. The zero-order valence-electron chi connectivity index (χ0n) is 11.6. The molecule has 1 aromatic heterocycles. The maximum Gasteiger partial charge on any atom is 0.260 e. The summed E-state index contributed by atoms with van der Waals surface area (Å²) in [7, 11) is 0. The molecule has 2 heterocycles. The van der Waals surface area contributed by atoms with E-state index in [4.69, 9.17) is 5.73 Å². The molecule has 1 aliphatic heterocycles. The van der Waals surface area contributed by atoms with Crippen molar-refractivity contribution in [2.75, 3.05) is 5.73 Å². The number of piperidine rings is 1. The largest absolute Gasteiger partial charge is 0.398 e. The summed E-state index contributed by atoms with van der Waals surface area (Å²) in [5.74, 6) is 0.325. The number of nitrogen functional groups attached to an aromatic ring is 1. The number of carbonyl (C=O) groups excluding carboxylic acids is 2. The first-order valence-electron chi connectivity index (χ1n) is 6.55. The third-order valence-corrected chi connectivity index (χ3v) is 2.97. The summed E-state index contributed by atoms with van der Waals surface area (Å²) in [6, 6.07) is 5.24. The molecular weight excluding hydrogens is 272 g/mol. The van der Waals surface area contributed by atoms with Crippen LogP contribution in [0.5, 0.6) is 0 Å². The zero-order chi connectivity index (χ0) is 15.4. The Bertz CT molecular complexity index is 737. The molecule has 3 rings (SSSR count). The van der Waals surface area contributed by atoms with Crippen molar-refractivity contribution in [1.82, 2.24) is 15.3 Å². The van der Waals surface area contributed by atoms with Crippen molar-refractivity contribution in [1.29, 1.82) is 0 Å². The van der Waals surface area contributed by atoms with Gasteiger partial charge >= 0.3 is 0 Å². The van der Waals surface area contributed by atoms with Crippen molar-refractivity contribution >= 4 is 28.4 Å². The Morgan fingerprint density at radius 1 is 1.14 bits per heavy atom. The molecule has 0 bridgehead atoms. The topological polar surface area (TPSA) is 118 Å². The Morgan fingerprint density at radius 3 is 2.38 bits per heavy atom. The first kappa shape index (κ1) is 14.7. The molecule has 0 unspecified atom stereocenters. The van der Waals surface area contributed by atoms with Crippen LogP contribution in [-0.4, -0.2) is 21.8 Å². The number of carbonyl (C=O) groups is 2. The van der Waals surface area contributed by atoms with Crippen molar-refractivity contribution < 1.29 is 9.59 Å². The van der Waals surface area contributed by atoms with Gasteiger partial charge in [-0.3, -0.25) is 19.7 Å². The number of anilines is 1. The molecule has 0 spiro atoms. The van der Waals surface area contributed by atoms with E-state index in [-0.39, 0.29) is 17.4 Å². The average molecular weight is 288 g/mol. The van der Waals surface area contributed by atoms with Gasteiger partial charge in [-0.2, -0.15) is 0 Å². The van der Waals surface area contributed by atoms with Crippen LogP contribution in [0.1, 0.15) is 25.1 Å². The summed E-state index contributed by atoms with van der Waals surface area (Å²) in [5, 5.41) is 2.67. The number of hydrogen-bond acceptors (Lipinski definition) is 5. The Labute approximate surface area is 120 Å². The number of aromatic amines is 1.